The molecule has 0 saturated carbocycles. The first-order valence-electron chi connectivity index (χ1n) is 13.3. The number of benzene rings is 3. The van der Waals surface area contributed by atoms with E-state index in [9.17, 15) is 19.5 Å². The highest BCUT2D eigenvalue weighted by Gasteiger charge is 2.27. The molecule has 1 unspecified atom stereocenters. The fourth-order valence-electron chi connectivity index (χ4n) is 5.18. The molecule has 0 saturated heterocycles. The van der Waals surface area contributed by atoms with Gasteiger partial charge in [0.15, 0.2) is 5.78 Å². The first-order valence-corrected chi connectivity index (χ1v) is 13.3. The van der Waals surface area contributed by atoms with Crippen LogP contribution in [0.4, 0.5) is 11.4 Å². The van der Waals surface area contributed by atoms with E-state index in [1.54, 1.807) is 47.7 Å². The van der Waals surface area contributed by atoms with E-state index in [-0.39, 0.29) is 23.3 Å². The van der Waals surface area contributed by atoms with Crippen LogP contribution in [0.3, 0.4) is 0 Å². The molecule has 0 spiro atoms. The van der Waals surface area contributed by atoms with Crippen LogP contribution >= 0.6 is 0 Å². The van der Waals surface area contributed by atoms with Crippen LogP contribution in [-0.4, -0.2) is 38.9 Å². The molecule has 2 N–H and O–H groups in total. The van der Waals surface area contributed by atoms with Gasteiger partial charge >= 0.3 is 0 Å². The van der Waals surface area contributed by atoms with E-state index in [0.29, 0.717) is 28.0 Å². The third kappa shape index (κ3) is 4.91. The Morgan fingerprint density at radius 2 is 1.54 bits per heavy atom. The van der Waals surface area contributed by atoms with Crippen LogP contribution < -0.4 is 21.3 Å². The Labute approximate surface area is 237 Å². The third-order valence-electron chi connectivity index (χ3n) is 7.63. The highest BCUT2D eigenvalue weighted by Crippen LogP contribution is 2.31. The Morgan fingerprint density at radius 3 is 2.20 bits per heavy atom. The zero-order valence-electron chi connectivity index (χ0n) is 23.8. The number of nitrogens with one attached hydrogen (secondary N) is 1. The highest BCUT2D eigenvalue weighted by atomic mass is 16.3. The molecule has 9 nitrogen and oxygen atoms in total. The summed E-state index contributed by atoms with van der Waals surface area (Å²) in [6, 6.07) is 23.2. The quantitative estimate of drug-likeness (QED) is 0.275. The number of nitrogens with zero attached hydrogens (tertiary/aromatic N) is 4. The van der Waals surface area contributed by atoms with Gasteiger partial charge in [-0.25, -0.2) is 4.68 Å². The van der Waals surface area contributed by atoms with Gasteiger partial charge in [0.1, 0.15) is 17.0 Å². The first-order chi connectivity index (χ1) is 19.6. The molecular formula is C32H33N5O4. The maximum atomic E-state index is 13.8. The van der Waals surface area contributed by atoms with Gasteiger partial charge in [-0.3, -0.25) is 19.1 Å². The van der Waals surface area contributed by atoms with Crippen molar-refractivity contribution in [1.29, 1.82) is 0 Å². The van der Waals surface area contributed by atoms with E-state index in [1.807, 2.05) is 80.5 Å². The van der Waals surface area contributed by atoms with Gasteiger partial charge in [0.05, 0.1) is 22.9 Å². The summed E-state index contributed by atoms with van der Waals surface area (Å²) in [6.45, 7) is 1.84. The number of carbonyl (C=O) groups is 1. The van der Waals surface area contributed by atoms with Crippen molar-refractivity contribution in [1.82, 2.24) is 13.9 Å². The molecule has 210 valence electrons. The largest absolute Gasteiger partial charge is 0.506 e. The van der Waals surface area contributed by atoms with Gasteiger partial charge in [-0.1, -0.05) is 42.5 Å². The van der Waals surface area contributed by atoms with E-state index in [0.717, 1.165) is 11.3 Å². The Morgan fingerprint density at radius 1 is 0.902 bits per heavy atom. The lowest BCUT2D eigenvalue weighted by Crippen LogP contribution is -2.27. The van der Waals surface area contributed by atoms with E-state index >= 15 is 0 Å². The zero-order chi connectivity index (χ0) is 29.4. The number of carbonyl (C=O) groups excluding carboxylic acids is 1. The SMILES string of the molecule is Cc1c(NC(CC(=O)c2c(O)c3ccccc3n(C)c2=O)c2ccc(N(C)C)cc2)c(=O)n(-c2ccccc2)n1C. The van der Waals surface area contributed by atoms with Gasteiger partial charge in [0.2, 0.25) is 0 Å². The minimum absolute atomic E-state index is 0.165. The standard InChI is InChI=1S/C32H33N5O4/c1-20-29(32(41)37(36(20)5)23-11-7-6-8-12-23)33-25(21-15-17-22(18-16-21)34(2)3)19-27(38)28-30(39)24-13-9-10-14-26(24)35(4)31(28)40/h6-18,25,33,39H,19H2,1-5H3. The lowest BCUT2D eigenvalue weighted by molar-refractivity contribution is 0.0972. The van der Waals surface area contributed by atoms with Gasteiger partial charge in [0, 0.05) is 45.7 Å². The van der Waals surface area contributed by atoms with Crippen molar-refractivity contribution in [3.63, 3.8) is 0 Å². The number of Topliss-reactive ketones (excluding diaryl/α,β-unsaturated/α-hetero) is 1. The fourth-order valence-corrected chi connectivity index (χ4v) is 5.18. The molecule has 0 radical (unpaired) electrons. The topological polar surface area (TPSA) is 102 Å². The van der Waals surface area contributed by atoms with Gasteiger partial charge in [0.25, 0.3) is 11.1 Å². The van der Waals surface area contributed by atoms with Gasteiger partial charge in [-0.05, 0) is 48.9 Å². The van der Waals surface area contributed by atoms with Crippen molar-refractivity contribution in [3.8, 4) is 11.4 Å². The summed E-state index contributed by atoms with van der Waals surface area (Å²) in [5.41, 5.74) is 2.91. The predicted octanol–water partition coefficient (Wildman–Crippen LogP) is 4.53. The maximum Gasteiger partial charge on any atom is 0.295 e. The van der Waals surface area contributed by atoms with E-state index < -0.39 is 17.4 Å². The Hall–Kier alpha value is -5.05. The third-order valence-corrected chi connectivity index (χ3v) is 7.63. The second kappa shape index (κ2) is 10.8. The Bertz CT molecular complexity index is 1870. The molecule has 41 heavy (non-hydrogen) atoms. The van der Waals surface area contributed by atoms with Crippen LogP contribution in [0, 0.1) is 6.92 Å². The smallest absolute Gasteiger partial charge is 0.295 e. The second-order valence-electron chi connectivity index (χ2n) is 10.4. The molecule has 1 atom stereocenters. The first kappa shape index (κ1) is 27.5. The van der Waals surface area contributed by atoms with Gasteiger partial charge < -0.3 is 19.9 Å². The lowest BCUT2D eigenvalue weighted by Gasteiger charge is -2.21. The number of rotatable bonds is 8. The maximum absolute atomic E-state index is 13.8. The van der Waals surface area contributed by atoms with Crippen LogP contribution in [0.2, 0.25) is 0 Å². The number of pyridine rings is 1. The summed E-state index contributed by atoms with van der Waals surface area (Å²) in [5.74, 6) is -0.863. The molecule has 9 heteroatoms. The number of hydrogen-bond acceptors (Lipinski definition) is 6. The van der Waals surface area contributed by atoms with E-state index in [2.05, 4.69) is 5.32 Å². The highest BCUT2D eigenvalue weighted by molar-refractivity contribution is 6.03. The van der Waals surface area contributed by atoms with E-state index in [4.69, 9.17) is 0 Å². The molecule has 0 amide bonds. The van der Waals surface area contributed by atoms with Crippen LogP contribution in [-0.2, 0) is 14.1 Å². The number of hydrogen-bond donors (Lipinski definition) is 2. The molecule has 5 rings (SSSR count). The number of ketones is 1. The molecule has 0 aliphatic heterocycles. The van der Waals surface area contributed by atoms with Crippen molar-refractivity contribution in [2.24, 2.45) is 14.1 Å². The average Bonchev–Trinajstić information content (AvgIpc) is 3.18. The number of aromatic nitrogens is 3. The number of aryl methyl sites for hydroxylation is 1. The summed E-state index contributed by atoms with van der Waals surface area (Å²) in [7, 11) is 7.26. The summed E-state index contributed by atoms with van der Waals surface area (Å²) < 4.78 is 4.70. The second-order valence-corrected chi connectivity index (χ2v) is 10.4. The minimum atomic E-state index is -0.660. The fraction of sp³-hybridized carbons (Fsp3) is 0.219. The van der Waals surface area contributed by atoms with Crippen LogP contribution in [0.15, 0.2) is 88.5 Å². The normalized spacial score (nSPS) is 11.9. The number of para-hydroxylation sites is 2. The molecule has 2 heterocycles. The molecule has 0 bridgehead atoms. The average molecular weight is 552 g/mol. The zero-order valence-corrected chi connectivity index (χ0v) is 23.8. The van der Waals surface area contributed by atoms with Crippen molar-refractivity contribution < 1.29 is 9.90 Å². The van der Waals surface area contributed by atoms with Gasteiger partial charge in [-0.2, -0.15) is 0 Å². The predicted molar refractivity (Wildman–Crippen MR) is 163 cm³/mol. The number of anilines is 2. The van der Waals surface area contributed by atoms with Crippen molar-refractivity contribution in [3.05, 3.63) is 116 Å². The van der Waals surface area contributed by atoms with Gasteiger partial charge in [-0.15, -0.1) is 0 Å². The minimum Gasteiger partial charge on any atom is -0.506 e. The van der Waals surface area contributed by atoms with Crippen molar-refractivity contribution >= 4 is 28.1 Å². The molecule has 2 aromatic heterocycles. The van der Waals surface area contributed by atoms with E-state index in [1.165, 1.54) is 4.57 Å². The molecule has 3 aromatic carbocycles. The van der Waals surface area contributed by atoms with Crippen LogP contribution in [0.1, 0.15) is 34.1 Å². The Balaban J connectivity index is 1.59. The molecular weight excluding hydrogens is 518 g/mol. The summed E-state index contributed by atoms with van der Waals surface area (Å²) in [6.07, 6.45) is -0.165. The molecule has 0 fully saturated rings. The summed E-state index contributed by atoms with van der Waals surface area (Å²) >= 11 is 0. The number of fused-ring (bicyclic) bond motifs is 1. The molecule has 5 aromatic rings. The lowest BCUT2D eigenvalue weighted by atomic mass is 9.96. The van der Waals surface area contributed by atoms with Crippen molar-refractivity contribution in [2.45, 2.75) is 19.4 Å². The van der Waals surface area contributed by atoms with Crippen molar-refractivity contribution in [2.75, 3.05) is 24.3 Å². The summed E-state index contributed by atoms with van der Waals surface area (Å²) in [5, 5.41) is 14.8. The molecule has 0 aliphatic carbocycles. The summed E-state index contributed by atoms with van der Waals surface area (Å²) in [4.78, 5) is 42.7. The monoisotopic (exact) mass is 551 g/mol. The number of aromatic hydroxyl groups is 1. The van der Waals surface area contributed by atoms with Crippen LogP contribution in [0.25, 0.3) is 16.6 Å². The van der Waals surface area contributed by atoms with Crippen LogP contribution in [0.5, 0.6) is 5.75 Å². The Kier molecular flexibility index (Phi) is 7.28. The molecule has 0 aliphatic rings.